The van der Waals surface area contributed by atoms with E-state index in [-0.39, 0.29) is 5.95 Å². The maximum atomic E-state index is 5.78. The molecule has 1 aromatic carbocycles. The summed E-state index contributed by atoms with van der Waals surface area (Å²) < 4.78 is 5.13. The number of nitrogens with two attached hydrogens (primary N) is 1. The van der Waals surface area contributed by atoms with Gasteiger partial charge in [0.05, 0.1) is 7.11 Å². The second-order valence-electron chi connectivity index (χ2n) is 4.86. The molecule has 3 N–H and O–H groups in total. The normalized spacial score (nSPS) is 14.2. The summed E-state index contributed by atoms with van der Waals surface area (Å²) in [5, 5.41) is 3.14. The predicted octanol–water partition coefficient (Wildman–Crippen LogP) is 1.81. The first-order valence-corrected chi connectivity index (χ1v) is 6.92. The monoisotopic (exact) mass is 286 g/mol. The van der Waals surface area contributed by atoms with Crippen molar-refractivity contribution in [3.63, 3.8) is 0 Å². The Morgan fingerprint density at radius 2 is 1.81 bits per heavy atom. The van der Waals surface area contributed by atoms with E-state index in [1.165, 1.54) is 0 Å². The van der Waals surface area contributed by atoms with E-state index in [2.05, 4.69) is 25.2 Å². The van der Waals surface area contributed by atoms with Crippen LogP contribution in [0, 0.1) is 0 Å². The molecule has 0 bridgehead atoms. The minimum absolute atomic E-state index is 0.225. The Morgan fingerprint density at radius 3 is 2.48 bits per heavy atom. The maximum absolute atomic E-state index is 5.78. The van der Waals surface area contributed by atoms with Gasteiger partial charge in [-0.2, -0.15) is 15.0 Å². The molecule has 1 aromatic heterocycles. The number of nitrogens with one attached hydrogen (secondary N) is 1. The molecule has 0 aliphatic carbocycles. The average molecular weight is 286 g/mol. The van der Waals surface area contributed by atoms with Crippen molar-refractivity contribution in [1.82, 2.24) is 15.0 Å². The van der Waals surface area contributed by atoms with Crippen LogP contribution >= 0.6 is 0 Å². The lowest BCUT2D eigenvalue weighted by molar-refractivity contribution is 0.415. The molecule has 2 aromatic rings. The predicted molar refractivity (Wildman–Crippen MR) is 82.0 cm³/mol. The van der Waals surface area contributed by atoms with Crippen LogP contribution in [-0.2, 0) is 0 Å². The first-order chi connectivity index (χ1) is 10.2. The van der Waals surface area contributed by atoms with Gasteiger partial charge in [-0.25, -0.2) is 0 Å². The molecule has 3 rings (SSSR count). The van der Waals surface area contributed by atoms with Gasteiger partial charge in [0, 0.05) is 18.8 Å². The van der Waals surface area contributed by atoms with Crippen LogP contribution in [0.25, 0.3) is 0 Å². The van der Waals surface area contributed by atoms with E-state index in [1.54, 1.807) is 7.11 Å². The van der Waals surface area contributed by atoms with E-state index in [4.69, 9.17) is 10.5 Å². The first kappa shape index (κ1) is 13.4. The molecule has 7 heteroatoms. The number of methoxy groups -OCH3 is 1. The molecule has 1 aliphatic heterocycles. The van der Waals surface area contributed by atoms with Crippen molar-refractivity contribution in [2.45, 2.75) is 12.8 Å². The number of anilines is 4. The number of nitrogen functional groups attached to an aromatic ring is 1. The molecular formula is C14H18N6O. The van der Waals surface area contributed by atoms with Crippen molar-refractivity contribution >= 4 is 23.5 Å². The third-order valence-corrected chi connectivity index (χ3v) is 3.38. The summed E-state index contributed by atoms with van der Waals surface area (Å²) in [6.07, 6.45) is 2.32. The molecule has 2 heterocycles. The lowest BCUT2D eigenvalue weighted by atomic mass is 10.3. The van der Waals surface area contributed by atoms with E-state index in [0.717, 1.165) is 37.4 Å². The Balaban J connectivity index is 1.80. The van der Waals surface area contributed by atoms with Gasteiger partial charge in [0.2, 0.25) is 17.8 Å². The molecule has 0 unspecified atom stereocenters. The van der Waals surface area contributed by atoms with Crippen LogP contribution in [-0.4, -0.2) is 35.2 Å². The van der Waals surface area contributed by atoms with E-state index >= 15 is 0 Å². The van der Waals surface area contributed by atoms with Crippen LogP contribution in [0.2, 0.25) is 0 Å². The van der Waals surface area contributed by atoms with Crippen molar-refractivity contribution in [2.75, 3.05) is 36.1 Å². The smallest absolute Gasteiger partial charge is 0.233 e. The first-order valence-electron chi connectivity index (χ1n) is 6.92. The molecule has 1 fully saturated rings. The molecule has 0 radical (unpaired) electrons. The van der Waals surface area contributed by atoms with E-state index in [1.807, 2.05) is 24.3 Å². The summed E-state index contributed by atoms with van der Waals surface area (Å²) in [7, 11) is 1.64. The van der Waals surface area contributed by atoms with Crippen LogP contribution in [0.5, 0.6) is 5.75 Å². The molecule has 0 saturated carbocycles. The highest BCUT2D eigenvalue weighted by molar-refractivity contribution is 5.56. The largest absolute Gasteiger partial charge is 0.497 e. The van der Waals surface area contributed by atoms with Gasteiger partial charge in [-0.05, 0) is 37.1 Å². The van der Waals surface area contributed by atoms with Crippen LogP contribution in [0.1, 0.15) is 12.8 Å². The second kappa shape index (κ2) is 5.82. The average Bonchev–Trinajstić information content (AvgIpc) is 3.02. The summed E-state index contributed by atoms with van der Waals surface area (Å²) in [4.78, 5) is 14.9. The number of ether oxygens (including phenoxy) is 1. The fourth-order valence-corrected chi connectivity index (χ4v) is 2.30. The molecule has 1 aliphatic rings. The Hall–Kier alpha value is -2.57. The summed E-state index contributed by atoms with van der Waals surface area (Å²) in [5.74, 6) is 2.11. The highest BCUT2D eigenvalue weighted by Crippen LogP contribution is 2.21. The number of hydrogen-bond acceptors (Lipinski definition) is 7. The van der Waals surface area contributed by atoms with Crippen LogP contribution in [0.4, 0.5) is 23.5 Å². The Kier molecular flexibility index (Phi) is 3.72. The third kappa shape index (κ3) is 3.13. The van der Waals surface area contributed by atoms with Crippen LogP contribution in [0.3, 0.4) is 0 Å². The standard InChI is InChI=1S/C14H18N6O/c1-21-11-6-4-10(5-7-11)16-13-17-12(15)18-14(19-13)20-8-2-3-9-20/h4-7H,2-3,8-9H2,1H3,(H3,15,16,17,18,19). The Bertz CT molecular complexity index is 609. The van der Waals surface area contributed by atoms with Crippen molar-refractivity contribution in [3.05, 3.63) is 24.3 Å². The summed E-state index contributed by atoms with van der Waals surface area (Å²) in [6.45, 7) is 1.93. The Labute approximate surface area is 123 Å². The number of benzene rings is 1. The van der Waals surface area contributed by atoms with Gasteiger partial charge in [-0.1, -0.05) is 0 Å². The maximum Gasteiger partial charge on any atom is 0.233 e. The lowest BCUT2D eigenvalue weighted by Crippen LogP contribution is -2.21. The minimum Gasteiger partial charge on any atom is -0.497 e. The molecule has 21 heavy (non-hydrogen) atoms. The Morgan fingerprint density at radius 1 is 1.10 bits per heavy atom. The zero-order valence-corrected chi connectivity index (χ0v) is 11.9. The number of nitrogens with zero attached hydrogens (tertiary/aromatic N) is 4. The second-order valence-corrected chi connectivity index (χ2v) is 4.86. The van der Waals surface area contributed by atoms with Gasteiger partial charge in [0.1, 0.15) is 5.75 Å². The molecule has 7 nitrogen and oxygen atoms in total. The number of hydrogen-bond donors (Lipinski definition) is 2. The van der Waals surface area contributed by atoms with Crippen LogP contribution in [0.15, 0.2) is 24.3 Å². The van der Waals surface area contributed by atoms with E-state index in [9.17, 15) is 0 Å². The number of rotatable bonds is 4. The highest BCUT2D eigenvalue weighted by atomic mass is 16.5. The van der Waals surface area contributed by atoms with E-state index < -0.39 is 0 Å². The van der Waals surface area contributed by atoms with Crippen molar-refractivity contribution in [2.24, 2.45) is 0 Å². The zero-order chi connectivity index (χ0) is 14.7. The van der Waals surface area contributed by atoms with Crippen molar-refractivity contribution < 1.29 is 4.74 Å². The van der Waals surface area contributed by atoms with Gasteiger partial charge >= 0.3 is 0 Å². The fraction of sp³-hybridized carbons (Fsp3) is 0.357. The SMILES string of the molecule is COc1ccc(Nc2nc(N)nc(N3CCCC3)n2)cc1. The zero-order valence-electron chi connectivity index (χ0n) is 11.9. The topological polar surface area (TPSA) is 89.2 Å². The molecule has 1 saturated heterocycles. The molecular weight excluding hydrogens is 268 g/mol. The lowest BCUT2D eigenvalue weighted by Gasteiger charge is -2.16. The van der Waals surface area contributed by atoms with E-state index in [0.29, 0.717) is 11.9 Å². The molecule has 0 spiro atoms. The molecule has 110 valence electrons. The van der Waals surface area contributed by atoms with Gasteiger partial charge in [-0.3, -0.25) is 0 Å². The minimum atomic E-state index is 0.225. The fourth-order valence-electron chi connectivity index (χ4n) is 2.30. The molecule has 0 amide bonds. The van der Waals surface area contributed by atoms with Crippen LogP contribution < -0.4 is 20.7 Å². The van der Waals surface area contributed by atoms with Gasteiger partial charge in [0.25, 0.3) is 0 Å². The molecule has 0 atom stereocenters. The number of aromatic nitrogens is 3. The van der Waals surface area contributed by atoms with Crippen molar-refractivity contribution in [3.8, 4) is 5.75 Å². The quantitative estimate of drug-likeness (QED) is 0.885. The summed E-state index contributed by atoms with van der Waals surface area (Å²) >= 11 is 0. The van der Waals surface area contributed by atoms with Crippen molar-refractivity contribution in [1.29, 1.82) is 0 Å². The highest BCUT2D eigenvalue weighted by Gasteiger charge is 2.16. The van der Waals surface area contributed by atoms with Gasteiger partial charge in [0.15, 0.2) is 0 Å². The summed E-state index contributed by atoms with van der Waals surface area (Å²) in [6, 6.07) is 7.53. The van der Waals surface area contributed by atoms with Gasteiger partial charge < -0.3 is 20.7 Å². The third-order valence-electron chi connectivity index (χ3n) is 3.38. The summed E-state index contributed by atoms with van der Waals surface area (Å²) in [5.41, 5.74) is 6.65. The van der Waals surface area contributed by atoms with Gasteiger partial charge in [-0.15, -0.1) is 0 Å².